The summed E-state index contributed by atoms with van der Waals surface area (Å²) in [6.07, 6.45) is 1.38. The molecule has 4 rings (SSSR count). The van der Waals surface area contributed by atoms with E-state index in [0.29, 0.717) is 27.7 Å². The zero-order valence-electron chi connectivity index (χ0n) is 15.2. The maximum atomic E-state index is 13.3. The third-order valence-electron chi connectivity index (χ3n) is 4.99. The zero-order chi connectivity index (χ0) is 19.2. The van der Waals surface area contributed by atoms with E-state index in [9.17, 15) is 8.42 Å². The number of aromatic nitrogens is 2. The summed E-state index contributed by atoms with van der Waals surface area (Å²) in [5.74, 6) is 0. The zero-order valence-corrected chi connectivity index (χ0v) is 16.8. The quantitative estimate of drug-likeness (QED) is 0.726. The van der Waals surface area contributed by atoms with Crippen molar-refractivity contribution in [2.75, 3.05) is 24.5 Å². The van der Waals surface area contributed by atoms with Crippen LogP contribution < -0.4 is 10.2 Å². The third-order valence-corrected chi connectivity index (χ3v) is 7.20. The van der Waals surface area contributed by atoms with Crippen molar-refractivity contribution in [3.05, 3.63) is 53.3 Å². The smallest absolute Gasteiger partial charge is 0.269 e. The van der Waals surface area contributed by atoms with E-state index >= 15 is 0 Å². The Balaban J connectivity index is 1.85. The standard InChI is InChI=1S/C19H21ClN4O2S/c1-13-11-23(10-9-21-13)16-6-4-7-17-19(16)22-12-24(17)27(25,26)18-8-3-5-15(20)14(18)2/h3-8,12-13,21H,9-11H2,1-2H3. The number of benzene rings is 2. The monoisotopic (exact) mass is 404 g/mol. The average molecular weight is 405 g/mol. The molecule has 3 aromatic rings. The Labute approximate surface area is 163 Å². The fourth-order valence-electron chi connectivity index (χ4n) is 3.57. The van der Waals surface area contributed by atoms with Gasteiger partial charge in [-0.1, -0.05) is 23.7 Å². The van der Waals surface area contributed by atoms with Gasteiger partial charge in [0.2, 0.25) is 0 Å². The van der Waals surface area contributed by atoms with E-state index in [1.165, 1.54) is 10.3 Å². The van der Waals surface area contributed by atoms with Crippen LogP contribution in [0.15, 0.2) is 47.6 Å². The second-order valence-electron chi connectivity index (χ2n) is 6.85. The fourth-order valence-corrected chi connectivity index (χ4v) is 5.34. The first kappa shape index (κ1) is 18.3. The van der Waals surface area contributed by atoms with Crippen LogP contribution in [0.2, 0.25) is 5.02 Å². The van der Waals surface area contributed by atoms with Gasteiger partial charge in [-0.05, 0) is 43.7 Å². The van der Waals surface area contributed by atoms with Crippen molar-refractivity contribution in [1.82, 2.24) is 14.3 Å². The van der Waals surface area contributed by atoms with Gasteiger partial charge in [-0.25, -0.2) is 17.4 Å². The maximum Gasteiger partial charge on any atom is 0.269 e. The normalized spacial score (nSPS) is 18.2. The summed E-state index contributed by atoms with van der Waals surface area (Å²) in [6, 6.07) is 10.9. The van der Waals surface area contributed by atoms with Crippen molar-refractivity contribution in [3.8, 4) is 0 Å². The van der Waals surface area contributed by atoms with E-state index in [1.807, 2.05) is 12.1 Å². The summed E-state index contributed by atoms with van der Waals surface area (Å²) in [5.41, 5.74) is 2.75. The Kier molecular flexibility index (Phi) is 4.61. The van der Waals surface area contributed by atoms with Crippen molar-refractivity contribution < 1.29 is 8.42 Å². The van der Waals surface area contributed by atoms with Crippen LogP contribution in [0.1, 0.15) is 12.5 Å². The number of halogens is 1. The molecule has 0 spiro atoms. The predicted octanol–water partition coefficient (Wildman–Crippen LogP) is 3.03. The van der Waals surface area contributed by atoms with Crippen LogP contribution in [0.5, 0.6) is 0 Å². The van der Waals surface area contributed by atoms with Gasteiger partial charge in [-0.3, -0.25) is 0 Å². The van der Waals surface area contributed by atoms with E-state index in [4.69, 9.17) is 11.6 Å². The molecule has 1 atom stereocenters. The average Bonchev–Trinajstić information content (AvgIpc) is 3.09. The molecule has 0 aliphatic carbocycles. The topological polar surface area (TPSA) is 67.2 Å². The number of hydrogen-bond acceptors (Lipinski definition) is 5. The summed E-state index contributed by atoms with van der Waals surface area (Å²) in [6.45, 7) is 6.44. The molecule has 1 fully saturated rings. The number of hydrogen-bond donors (Lipinski definition) is 1. The van der Waals surface area contributed by atoms with E-state index in [0.717, 1.165) is 25.3 Å². The van der Waals surface area contributed by atoms with Crippen LogP contribution in [-0.2, 0) is 10.0 Å². The predicted molar refractivity (Wildman–Crippen MR) is 108 cm³/mol. The van der Waals surface area contributed by atoms with Crippen LogP contribution in [-0.4, -0.2) is 43.1 Å². The Morgan fingerprint density at radius 3 is 2.78 bits per heavy atom. The molecule has 1 unspecified atom stereocenters. The van der Waals surface area contributed by atoms with Crippen LogP contribution >= 0.6 is 11.6 Å². The number of imidazole rings is 1. The van der Waals surface area contributed by atoms with E-state index in [1.54, 1.807) is 31.2 Å². The molecular formula is C19H21ClN4O2S. The van der Waals surface area contributed by atoms with E-state index in [2.05, 4.69) is 22.1 Å². The van der Waals surface area contributed by atoms with Crippen molar-refractivity contribution in [2.45, 2.75) is 24.8 Å². The number of fused-ring (bicyclic) bond motifs is 1. The molecule has 2 heterocycles. The van der Waals surface area contributed by atoms with Gasteiger partial charge in [0.05, 0.1) is 16.1 Å². The Morgan fingerprint density at radius 1 is 1.22 bits per heavy atom. The minimum absolute atomic E-state index is 0.190. The highest BCUT2D eigenvalue weighted by atomic mass is 35.5. The molecule has 0 radical (unpaired) electrons. The molecule has 8 heteroatoms. The first-order valence-electron chi connectivity index (χ1n) is 8.84. The second-order valence-corrected chi connectivity index (χ2v) is 9.05. The number of piperazine rings is 1. The highest BCUT2D eigenvalue weighted by molar-refractivity contribution is 7.90. The highest BCUT2D eigenvalue weighted by Gasteiger charge is 2.25. The van der Waals surface area contributed by atoms with Gasteiger partial charge in [0, 0.05) is 30.7 Å². The molecule has 2 aromatic carbocycles. The first-order valence-corrected chi connectivity index (χ1v) is 10.7. The van der Waals surface area contributed by atoms with Crippen molar-refractivity contribution in [2.24, 2.45) is 0 Å². The molecule has 1 N–H and O–H groups in total. The van der Waals surface area contributed by atoms with Crippen molar-refractivity contribution in [1.29, 1.82) is 0 Å². The SMILES string of the molecule is Cc1c(Cl)cccc1S(=O)(=O)n1cnc2c(N3CCNC(C)C3)cccc21. The Morgan fingerprint density at radius 2 is 2.00 bits per heavy atom. The van der Waals surface area contributed by atoms with Crippen molar-refractivity contribution in [3.63, 3.8) is 0 Å². The number of nitrogens with zero attached hydrogens (tertiary/aromatic N) is 3. The molecule has 142 valence electrons. The van der Waals surface area contributed by atoms with E-state index in [-0.39, 0.29) is 4.90 Å². The van der Waals surface area contributed by atoms with E-state index < -0.39 is 10.0 Å². The summed E-state index contributed by atoms with van der Waals surface area (Å²) in [4.78, 5) is 6.89. The molecular weight excluding hydrogens is 384 g/mol. The van der Waals surface area contributed by atoms with Crippen molar-refractivity contribution >= 4 is 38.3 Å². The van der Waals surface area contributed by atoms with Gasteiger partial charge < -0.3 is 10.2 Å². The molecule has 1 aromatic heterocycles. The third kappa shape index (κ3) is 3.09. The van der Waals surface area contributed by atoms with Crippen LogP contribution in [0, 0.1) is 6.92 Å². The lowest BCUT2D eigenvalue weighted by Gasteiger charge is -2.33. The lowest BCUT2D eigenvalue weighted by molar-refractivity contribution is 0.485. The largest absolute Gasteiger partial charge is 0.367 e. The number of nitrogens with one attached hydrogen (secondary N) is 1. The Bertz CT molecular complexity index is 1110. The van der Waals surface area contributed by atoms with Crippen LogP contribution in [0.4, 0.5) is 5.69 Å². The molecule has 6 nitrogen and oxygen atoms in total. The number of anilines is 1. The van der Waals surface area contributed by atoms with Gasteiger partial charge >= 0.3 is 0 Å². The summed E-state index contributed by atoms with van der Waals surface area (Å²) < 4.78 is 27.8. The first-order chi connectivity index (χ1) is 12.9. The van der Waals surface area contributed by atoms with Gasteiger partial charge in [0.25, 0.3) is 10.0 Å². The molecule has 1 aliphatic rings. The fraction of sp³-hybridized carbons (Fsp3) is 0.316. The van der Waals surface area contributed by atoms with Gasteiger partial charge in [0.1, 0.15) is 11.8 Å². The number of para-hydroxylation sites is 1. The van der Waals surface area contributed by atoms with Gasteiger partial charge in [-0.15, -0.1) is 0 Å². The molecule has 1 saturated heterocycles. The van der Waals surface area contributed by atoms with Crippen LogP contribution in [0.25, 0.3) is 11.0 Å². The lowest BCUT2D eigenvalue weighted by Crippen LogP contribution is -2.49. The minimum atomic E-state index is -3.79. The second kappa shape index (κ2) is 6.82. The van der Waals surface area contributed by atoms with Gasteiger partial charge in [-0.2, -0.15) is 0 Å². The summed E-state index contributed by atoms with van der Waals surface area (Å²) in [5, 5.41) is 3.84. The lowest BCUT2D eigenvalue weighted by atomic mass is 10.2. The van der Waals surface area contributed by atoms with Gasteiger partial charge in [0.15, 0.2) is 0 Å². The van der Waals surface area contributed by atoms with Crippen LogP contribution in [0.3, 0.4) is 0 Å². The summed E-state index contributed by atoms with van der Waals surface area (Å²) >= 11 is 6.14. The number of rotatable bonds is 3. The molecule has 27 heavy (non-hydrogen) atoms. The molecule has 0 amide bonds. The molecule has 1 aliphatic heterocycles. The highest BCUT2D eigenvalue weighted by Crippen LogP contribution is 2.30. The Hall–Kier alpha value is -2.09. The molecule has 0 saturated carbocycles. The maximum absolute atomic E-state index is 13.3. The minimum Gasteiger partial charge on any atom is -0.367 e. The summed E-state index contributed by atoms with van der Waals surface area (Å²) in [7, 11) is -3.79. The molecule has 0 bridgehead atoms.